The molecule has 0 aromatic heterocycles. The van der Waals surface area contributed by atoms with E-state index in [1.807, 2.05) is 0 Å². The van der Waals surface area contributed by atoms with Crippen LogP contribution in [0.3, 0.4) is 0 Å². The Hall–Kier alpha value is -1.95. The van der Waals surface area contributed by atoms with E-state index in [2.05, 4.69) is 15.5 Å². The number of likely N-dealkylation sites (tertiary alicyclic amines) is 1. The Balaban J connectivity index is 1.76. The molecule has 6 heteroatoms. The molecule has 1 aliphatic heterocycles. The number of ether oxygens (including phenoxy) is 1. The molecule has 1 aromatic carbocycles. The van der Waals surface area contributed by atoms with Gasteiger partial charge in [0, 0.05) is 24.8 Å². The Morgan fingerprint density at radius 3 is 2.85 bits per heavy atom. The molecule has 0 bridgehead atoms. The molecule has 1 fully saturated rings. The number of methoxy groups -OCH3 is 1. The van der Waals surface area contributed by atoms with E-state index < -0.39 is 0 Å². The molecule has 4 N–H and O–H groups in total. The number of benzene rings is 1. The lowest BCUT2D eigenvalue weighted by Gasteiger charge is -2.15. The monoisotopic (exact) mass is 278 g/mol. The summed E-state index contributed by atoms with van der Waals surface area (Å²) in [7, 11) is 1.55. The maximum atomic E-state index is 11.8. The first-order chi connectivity index (χ1) is 9.69. The number of hydrogen-bond acceptors (Lipinski definition) is 4. The molecule has 20 heavy (non-hydrogen) atoms. The summed E-state index contributed by atoms with van der Waals surface area (Å²) in [5.74, 6) is 0.555. The van der Waals surface area contributed by atoms with Gasteiger partial charge in [0.1, 0.15) is 5.75 Å². The van der Waals surface area contributed by atoms with Crippen LogP contribution in [0.4, 0.5) is 16.2 Å². The van der Waals surface area contributed by atoms with E-state index in [4.69, 9.17) is 10.5 Å². The van der Waals surface area contributed by atoms with Gasteiger partial charge in [0.15, 0.2) is 0 Å². The van der Waals surface area contributed by atoms with Crippen molar-refractivity contribution in [2.24, 2.45) is 0 Å². The van der Waals surface area contributed by atoms with E-state index in [0.717, 1.165) is 19.6 Å². The Morgan fingerprint density at radius 1 is 1.40 bits per heavy atom. The zero-order valence-electron chi connectivity index (χ0n) is 11.8. The zero-order valence-corrected chi connectivity index (χ0v) is 11.8. The number of nitrogen functional groups attached to an aromatic ring is 1. The minimum absolute atomic E-state index is 0.212. The molecule has 2 rings (SSSR count). The standard InChI is InChI=1S/C14H22N4O2/c1-20-13-10-11(4-5-12(13)15)17-14(19)16-6-9-18-7-2-3-8-18/h4-5,10H,2-3,6-9,15H2,1H3,(H2,16,17,19). The number of nitrogens with two attached hydrogens (primary N) is 1. The van der Waals surface area contributed by atoms with Crippen LogP contribution in [0.15, 0.2) is 18.2 Å². The smallest absolute Gasteiger partial charge is 0.319 e. The number of carbonyl (C=O) groups is 1. The van der Waals surface area contributed by atoms with Gasteiger partial charge in [0.25, 0.3) is 0 Å². The highest BCUT2D eigenvalue weighted by Crippen LogP contribution is 2.24. The van der Waals surface area contributed by atoms with E-state index in [-0.39, 0.29) is 6.03 Å². The highest BCUT2D eigenvalue weighted by Gasteiger charge is 2.11. The quantitative estimate of drug-likeness (QED) is 0.713. The van der Waals surface area contributed by atoms with Crippen molar-refractivity contribution in [2.75, 3.05) is 44.3 Å². The maximum Gasteiger partial charge on any atom is 0.319 e. The van der Waals surface area contributed by atoms with Crippen molar-refractivity contribution in [2.45, 2.75) is 12.8 Å². The van der Waals surface area contributed by atoms with Crippen molar-refractivity contribution in [1.82, 2.24) is 10.2 Å². The molecule has 2 amide bonds. The average Bonchev–Trinajstić information content (AvgIpc) is 2.94. The number of carbonyl (C=O) groups excluding carboxylic acids is 1. The summed E-state index contributed by atoms with van der Waals surface area (Å²) < 4.78 is 5.11. The molecule has 0 spiro atoms. The van der Waals surface area contributed by atoms with Crippen molar-refractivity contribution >= 4 is 17.4 Å². The molecule has 0 radical (unpaired) electrons. The van der Waals surface area contributed by atoms with Crippen LogP contribution in [0, 0.1) is 0 Å². The first-order valence-electron chi connectivity index (χ1n) is 6.90. The summed E-state index contributed by atoms with van der Waals surface area (Å²) >= 11 is 0. The van der Waals surface area contributed by atoms with Crippen LogP contribution in [0.5, 0.6) is 5.75 Å². The average molecular weight is 278 g/mol. The van der Waals surface area contributed by atoms with Crippen molar-refractivity contribution in [1.29, 1.82) is 0 Å². The Morgan fingerprint density at radius 2 is 2.15 bits per heavy atom. The Labute approximate surface area is 119 Å². The summed E-state index contributed by atoms with van der Waals surface area (Å²) in [6.07, 6.45) is 2.52. The molecule has 0 aliphatic carbocycles. The Bertz CT molecular complexity index is 458. The van der Waals surface area contributed by atoms with E-state index in [1.165, 1.54) is 12.8 Å². The fourth-order valence-electron chi connectivity index (χ4n) is 2.30. The molecule has 1 aliphatic rings. The van der Waals surface area contributed by atoms with Crippen molar-refractivity contribution < 1.29 is 9.53 Å². The fraction of sp³-hybridized carbons (Fsp3) is 0.500. The van der Waals surface area contributed by atoms with Crippen molar-refractivity contribution in [3.63, 3.8) is 0 Å². The van der Waals surface area contributed by atoms with Crippen LogP contribution in [0.2, 0.25) is 0 Å². The highest BCUT2D eigenvalue weighted by molar-refractivity contribution is 5.89. The second-order valence-electron chi connectivity index (χ2n) is 4.89. The minimum atomic E-state index is -0.212. The van der Waals surface area contributed by atoms with Crippen LogP contribution in [0.1, 0.15) is 12.8 Å². The van der Waals surface area contributed by atoms with E-state index >= 15 is 0 Å². The lowest BCUT2D eigenvalue weighted by atomic mass is 10.2. The summed E-state index contributed by atoms with van der Waals surface area (Å²) in [5.41, 5.74) is 6.93. The van der Waals surface area contributed by atoms with Gasteiger partial charge in [0.2, 0.25) is 0 Å². The molecule has 110 valence electrons. The van der Waals surface area contributed by atoms with Crippen molar-refractivity contribution in [3.05, 3.63) is 18.2 Å². The second kappa shape index (κ2) is 7.00. The van der Waals surface area contributed by atoms with Gasteiger partial charge >= 0.3 is 6.03 Å². The van der Waals surface area contributed by atoms with Gasteiger partial charge in [0.05, 0.1) is 12.8 Å². The predicted octanol–water partition coefficient (Wildman–Crippen LogP) is 1.49. The van der Waals surface area contributed by atoms with Crippen LogP contribution >= 0.6 is 0 Å². The van der Waals surface area contributed by atoms with E-state index in [0.29, 0.717) is 23.7 Å². The van der Waals surface area contributed by atoms with E-state index in [9.17, 15) is 4.79 Å². The van der Waals surface area contributed by atoms with Crippen molar-refractivity contribution in [3.8, 4) is 5.75 Å². The molecule has 0 saturated carbocycles. The summed E-state index contributed by atoms with van der Waals surface area (Å²) in [6.45, 7) is 3.83. The molecule has 1 aromatic rings. The second-order valence-corrected chi connectivity index (χ2v) is 4.89. The van der Waals surface area contributed by atoms with Gasteiger partial charge in [-0.1, -0.05) is 0 Å². The number of anilines is 2. The SMILES string of the molecule is COc1cc(NC(=O)NCCN2CCCC2)ccc1N. The largest absolute Gasteiger partial charge is 0.495 e. The van der Waals surface area contributed by atoms with Gasteiger partial charge in [-0.2, -0.15) is 0 Å². The maximum absolute atomic E-state index is 11.8. The lowest BCUT2D eigenvalue weighted by molar-refractivity contribution is 0.249. The third-order valence-electron chi connectivity index (χ3n) is 3.40. The molecule has 0 atom stereocenters. The van der Waals surface area contributed by atoms with Gasteiger partial charge in [-0.25, -0.2) is 4.79 Å². The van der Waals surface area contributed by atoms with Crippen LogP contribution in [-0.2, 0) is 0 Å². The number of urea groups is 1. The molecule has 1 saturated heterocycles. The third-order valence-corrected chi connectivity index (χ3v) is 3.40. The molecule has 1 heterocycles. The first-order valence-corrected chi connectivity index (χ1v) is 6.90. The van der Waals surface area contributed by atoms with Gasteiger partial charge in [-0.05, 0) is 38.1 Å². The lowest BCUT2D eigenvalue weighted by Crippen LogP contribution is -2.35. The fourth-order valence-corrected chi connectivity index (χ4v) is 2.30. The number of amides is 2. The number of rotatable bonds is 5. The van der Waals surface area contributed by atoms with Gasteiger partial charge in [-0.15, -0.1) is 0 Å². The summed E-state index contributed by atoms with van der Waals surface area (Å²) in [6, 6.07) is 4.95. The molecular formula is C14H22N4O2. The molecular weight excluding hydrogens is 256 g/mol. The highest BCUT2D eigenvalue weighted by atomic mass is 16.5. The zero-order chi connectivity index (χ0) is 14.4. The molecule has 0 unspecified atom stereocenters. The number of hydrogen-bond donors (Lipinski definition) is 3. The third kappa shape index (κ3) is 4.03. The Kier molecular flexibility index (Phi) is 5.06. The topological polar surface area (TPSA) is 79.6 Å². The molecule has 6 nitrogen and oxygen atoms in total. The normalized spacial score (nSPS) is 15.1. The van der Waals surface area contributed by atoms with E-state index in [1.54, 1.807) is 25.3 Å². The predicted molar refractivity (Wildman–Crippen MR) is 80.1 cm³/mol. The van der Waals surface area contributed by atoms with Gasteiger partial charge in [-0.3, -0.25) is 0 Å². The van der Waals surface area contributed by atoms with Gasteiger partial charge < -0.3 is 26.0 Å². The summed E-state index contributed by atoms with van der Waals surface area (Å²) in [4.78, 5) is 14.1. The number of nitrogens with zero attached hydrogens (tertiary/aromatic N) is 1. The first kappa shape index (κ1) is 14.5. The summed E-state index contributed by atoms with van der Waals surface area (Å²) in [5, 5.41) is 5.61. The van der Waals surface area contributed by atoms with Crippen LogP contribution in [0.25, 0.3) is 0 Å². The van der Waals surface area contributed by atoms with Crippen LogP contribution in [-0.4, -0.2) is 44.2 Å². The number of nitrogens with one attached hydrogen (secondary N) is 2. The minimum Gasteiger partial charge on any atom is -0.495 e. The van der Waals surface area contributed by atoms with Crippen LogP contribution < -0.4 is 21.1 Å².